The maximum absolute atomic E-state index is 13.6. The molecular formula is C25H33Cl2N3O4S. The van der Waals surface area contributed by atoms with Crippen LogP contribution in [0.25, 0.3) is 0 Å². The van der Waals surface area contributed by atoms with Crippen molar-refractivity contribution in [1.29, 1.82) is 0 Å². The summed E-state index contributed by atoms with van der Waals surface area (Å²) < 4.78 is 26.6. The van der Waals surface area contributed by atoms with Gasteiger partial charge in [0.05, 0.1) is 11.9 Å². The van der Waals surface area contributed by atoms with Gasteiger partial charge in [-0.3, -0.25) is 13.9 Å². The number of rotatable bonds is 11. The number of carbonyl (C=O) groups is 2. The van der Waals surface area contributed by atoms with Crippen molar-refractivity contribution in [3.05, 3.63) is 63.6 Å². The van der Waals surface area contributed by atoms with E-state index in [-0.39, 0.29) is 18.5 Å². The van der Waals surface area contributed by atoms with E-state index in [0.717, 1.165) is 22.5 Å². The van der Waals surface area contributed by atoms with Crippen LogP contribution in [0.3, 0.4) is 0 Å². The number of anilines is 1. The van der Waals surface area contributed by atoms with Gasteiger partial charge in [-0.25, -0.2) is 8.42 Å². The number of para-hydroxylation sites is 1. The van der Waals surface area contributed by atoms with E-state index < -0.39 is 28.5 Å². The Morgan fingerprint density at radius 3 is 2.26 bits per heavy atom. The van der Waals surface area contributed by atoms with E-state index >= 15 is 0 Å². The first-order valence-corrected chi connectivity index (χ1v) is 14.1. The Morgan fingerprint density at radius 1 is 1.03 bits per heavy atom. The van der Waals surface area contributed by atoms with Crippen LogP contribution in [0.5, 0.6) is 0 Å². The highest BCUT2D eigenvalue weighted by molar-refractivity contribution is 7.92. The van der Waals surface area contributed by atoms with Gasteiger partial charge in [0.15, 0.2) is 0 Å². The molecule has 0 unspecified atom stereocenters. The summed E-state index contributed by atoms with van der Waals surface area (Å²) in [5, 5.41) is 3.68. The quantitative estimate of drug-likeness (QED) is 0.448. The van der Waals surface area contributed by atoms with Crippen molar-refractivity contribution in [1.82, 2.24) is 10.2 Å². The minimum Gasteiger partial charge on any atom is -0.352 e. The molecule has 2 rings (SSSR count). The smallest absolute Gasteiger partial charge is 0.244 e. The number of carbonyl (C=O) groups excluding carboxylic acids is 2. The normalized spacial score (nSPS) is 13.1. The average Bonchev–Trinajstić information content (AvgIpc) is 2.80. The lowest BCUT2D eigenvalue weighted by Gasteiger charge is -2.32. The van der Waals surface area contributed by atoms with Gasteiger partial charge in [0, 0.05) is 22.6 Å². The predicted molar refractivity (Wildman–Crippen MR) is 142 cm³/mol. The highest BCUT2D eigenvalue weighted by Gasteiger charge is 2.31. The summed E-state index contributed by atoms with van der Waals surface area (Å²) in [4.78, 5) is 27.9. The summed E-state index contributed by atoms with van der Waals surface area (Å²) in [6, 6.07) is 11.0. The Balaban J connectivity index is 2.46. The van der Waals surface area contributed by atoms with Crippen LogP contribution in [-0.4, -0.2) is 50.0 Å². The number of nitrogens with zero attached hydrogens (tertiary/aromatic N) is 2. The molecule has 0 bridgehead atoms. The first-order valence-electron chi connectivity index (χ1n) is 11.5. The van der Waals surface area contributed by atoms with Gasteiger partial charge >= 0.3 is 0 Å². The lowest BCUT2D eigenvalue weighted by molar-refractivity contribution is -0.139. The lowest BCUT2D eigenvalue weighted by Crippen LogP contribution is -2.52. The Hall–Kier alpha value is -2.29. The summed E-state index contributed by atoms with van der Waals surface area (Å²) in [6.45, 7) is 6.90. The largest absolute Gasteiger partial charge is 0.352 e. The van der Waals surface area contributed by atoms with Crippen LogP contribution in [0.1, 0.15) is 45.2 Å². The highest BCUT2D eigenvalue weighted by Crippen LogP contribution is 2.26. The van der Waals surface area contributed by atoms with E-state index in [0.29, 0.717) is 27.7 Å². The first kappa shape index (κ1) is 28.9. The SMILES string of the molecule is CCc1ccccc1N(CC(=O)N(Cc1ccc(Cl)cc1Cl)[C@H](C)C(=O)N[C@H](C)CC)S(C)(=O)=O. The molecule has 7 nitrogen and oxygen atoms in total. The molecule has 2 aromatic carbocycles. The number of sulfonamides is 1. The van der Waals surface area contributed by atoms with Crippen molar-refractivity contribution in [2.45, 2.75) is 59.2 Å². The van der Waals surface area contributed by atoms with Crippen molar-refractivity contribution in [2.75, 3.05) is 17.1 Å². The average molecular weight is 543 g/mol. The van der Waals surface area contributed by atoms with Crippen molar-refractivity contribution < 1.29 is 18.0 Å². The molecule has 0 heterocycles. The summed E-state index contributed by atoms with van der Waals surface area (Å²) in [5.41, 5.74) is 1.82. The van der Waals surface area contributed by atoms with Crippen LogP contribution in [0.15, 0.2) is 42.5 Å². The van der Waals surface area contributed by atoms with Gasteiger partial charge in [-0.05, 0) is 56.0 Å². The molecule has 0 fully saturated rings. The number of amides is 2. The molecule has 0 spiro atoms. The van der Waals surface area contributed by atoms with E-state index in [4.69, 9.17) is 23.2 Å². The van der Waals surface area contributed by atoms with Gasteiger partial charge in [-0.15, -0.1) is 0 Å². The number of halogens is 2. The minimum absolute atomic E-state index is 0.0109. The third kappa shape index (κ3) is 7.85. The van der Waals surface area contributed by atoms with Gasteiger partial charge in [0.2, 0.25) is 21.8 Å². The Kier molecular flexibility index (Phi) is 10.4. The molecule has 0 saturated heterocycles. The van der Waals surface area contributed by atoms with E-state index in [1.807, 2.05) is 32.9 Å². The van der Waals surface area contributed by atoms with Crippen LogP contribution in [0, 0.1) is 0 Å². The molecule has 1 N–H and O–H groups in total. The molecule has 2 atom stereocenters. The topological polar surface area (TPSA) is 86.8 Å². The van der Waals surface area contributed by atoms with Crippen LogP contribution in [0.4, 0.5) is 5.69 Å². The molecule has 0 aliphatic heterocycles. The minimum atomic E-state index is -3.79. The number of hydrogen-bond donors (Lipinski definition) is 1. The molecule has 10 heteroatoms. The summed E-state index contributed by atoms with van der Waals surface area (Å²) >= 11 is 12.4. The summed E-state index contributed by atoms with van der Waals surface area (Å²) in [7, 11) is -3.79. The lowest BCUT2D eigenvalue weighted by atomic mass is 10.1. The first-order chi connectivity index (χ1) is 16.4. The van der Waals surface area contributed by atoms with Crippen molar-refractivity contribution in [3.8, 4) is 0 Å². The molecule has 2 aromatic rings. The number of nitrogens with one attached hydrogen (secondary N) is 1. The Bertz CT molecular complexity index is 1160. The Morgan fingerprint density at radius 2 is 1.69 bits per heavy atom. The second-order valence-corrected chi connectivity index (χ2v) is 11.3. The maximum atomic E-state index is 13.6. The van der Waals surface area contributed by atoms with Crippen LogP contribution < -0.4 is 9.62 Å². The number of aryl methyl sites for hydroxylation is 1. The van der Waals surface area contributed by atoms with Crippen molar-refractivity contribution in [3.63, 3.8) is 0 Å². The zero-order valence-corrected chi connectivity index (χ0v) is 23.0. The second kappa shape index (κ2) is 12.6. The molecule has 0 aliphatic rings. The van der Waals surface area contributed by atoms with E-state index in [1.54, 1.807) is 37.3 Å². The van der Waals surface area contributed by atoms with Gasteiger partial charge in [-0.1, -0.05) is 61.3 Å². The third-order valence-electron chi connectivity index (χ3n) is 5.84. The van der Waals surface area contributed by atoms with Gasteiger partial charge < -0.3 is 10.2 Å². The van der Waals surface area contributed by atoms with Gasteiger partial charge in [0.1, 0.15) is 12.6 Å². The molecule has 35 heavy (non-hydrogen) atoms. The van der Waals surface area contributed by atoms with Gasteiger partial charge in [-0.2, -0.15) is 0 Å². The van der Waals surface area contributed by atoms with E-state index in [1.165, 1.54) is 4.90 Å². The van der Waals surface area contributed by atoms with E-state index in [9.17, 15) is 18.0 Å². The Labute approximate surface area is 218 Å². The fraction of sp³-hybridized carbons (Fsp3) is 0.440. The maximum Gasteiger partial charge on any atom is 0.244 e. The van der Waals surface area contributed by atoms with Crippen LogP contribution in [0.2, 0.25) is 10.0 Å². The van der Waals surface area contributed by atoms with Crippen LogP contribution in [-0.2, 0) is 32.6 Å². The van der Waals surface area contributed by atoms with Crippen molar-refractivity contribution in [2.24, 2.45) is 0 Å². The van der Waals surface area contributed by atoms with Crippen molar-refractivity contribution >= 4 is 50.7 Å². The summed E-state index contributed by atoms with van der Waals surface area (Å²) in [6.07, 6.45) is 2.38. The third-order valence-corrected chi connectivity index (χ3v) is 7.56. The molecule has 192 valence electrons. The number of hydrogen-bond acceptors (Lipinski definition) is 4. The predicted octanol–water partition coefficient (Wildman–Crippen LogP) is 4.65. The fourth-order valence-corrected chi connectivity index (χ4v) is 4.88. The van der Waals surface area contributed by atoms with E-state index in [2.05, 4.69) is 5.32 Å². The standard InChI is InChI=1S/C25H33Cl2N3O4S/c1-6-17(3)28-25(32)18(4)29(15-20-12-13-21(26)14-22(20)27)24(31)16-30(35(5,33)34)23-11-9-8-10-19(23)7-2/h8-14,17-18H,6-7,15-16H2,1-5H3,(H,28,32)/t17-,18-/m1/s1. The molecule has 0 radical (unpaired) electrons. The van der Waals surface area contributed by atoms with Gasteiger partial charge in [0.25, 0.3) is 0 Å². The molecule has 0 aromatic heterocycles. The summed E-state index contributed by atoms with van der Waals surface area (Å²) in [5.74, 6) is -0.864. The second-order valence-electron chi connectivity index (χ2n) is 8.50. The molecule has 0 saturated carbocycles. The fourth-order valence-electron chi connectivity index (χ4n) is 3.53. The molecule has 0 aliphatic carbocycles. The monoisotopic (exact) mass is 541 g/mol. The van der Waals surface area contributed by atoms with Crippen LogP contribution >= 0.6 is 23.2 Å². The zero-order chi connectivity index (χ0) is 26.3. The molecular weight excluding hydrogens is 509 g/mol. The molecule has 2 amide bonds. The highest BCUT2D eigenvalue weighted by atomic mass is 35.5. The zero-order valence-electron chi connectivity index (χ0n) is 20.7. The number of benzene rings is 2.